The van der Waals surface area contributed by atoms with Crippen molar-refractivity contribution in [1.29, 1.82) is 0 Å². The molecule has 0 amide bonds. The summed E-state index contributed by atoms with van der Waals surface area (Å²) in [5.74, 6) is -4.28. The summed E-state index contributed by atoms with van der Waals surface area (Å²) in [6.07, 6.45) is 1.61. The van der Waals surface area contributed by atoms with E-state index in [9.17, 15) is 18.0 Å². The molecule has 2 unspecified atom stereocenters. The van der Waals surface area contributed by atoms with Crippen molar-refractivity contribution in [3.63, 3.8) is 0 Å². The molecule has 1 saturated heterocycles. The van der Waals surface area contributed by atoms with Gasteiger partial charge in [0.05, 0.1) is 6.61 Å². The Morgan fingerprint density at radius 2 is 2.13 bits per heavy atom. The Bertz CT molecular complexity index is 572. The average Bonchev–Trinajstić information content (AvgIpc) is 3.28. The number of rotatable bonds is 8. The highest BCUT2D eigenvalue weighted by Crippen LogP contribution is 2.26. The van der Waals surface area contributed by atoms with Crippen molar-refractivity contribution in [1.82, 2.24) is 10.2 Å². The van der Waals surface area contributed by atoms with E-state index < -0.39 is 23.5 Å². The van der Waals surface area contributed by atoms with Crippen molar-refractivity contribution in [2.75, 3.05) is 26.2 Å². The smallest absolute Gasteiger partial charge is 0.324 e. The maximum Gasteiger partial charge on any atom is 0.324 e. The highest BCUT2D eigenvalue weighted by molar-refractivity contribution is 5.79. The minimum atomic E-state index is -1.49. The van der Waals surface area contributed by atoms with E-state index >= 15 is 0 Å². The molecule has 1 aliphatic rings. The van der Waals surface area contributed by atoms with E-state index in [0.29, 0.717) is 26.2 Å². The van der Waals surface area contributed by atoms with E-state index in [4.69, 9.17) is 4.74 Å². The highest BCUT2D eigenvalue weighted by Gasteiger charge is 2.42. The normalized spacial score (nSPS) is 20.9. The molecular formula is C16H19F3N2O2. The third kappa shape index (κ3) is 4.33. The molecule has 0 radical (unpaired) electrons. The fourth-order valence-electron chi connectivity index (χ4n) is 2.36. The summed E-state index contributed by atoms with van der Waals surface area (Å²) in [5.41, 5.74) is 0.276. The van der Waals surface area contributed by atoms with Crippen LogP contribution in [0.3, 0.4) is 0 Å². The van der Waals surface area contributed by atoms with Crippen LogP contribution in [-0.4, -0.2) is 43.2 Å². The van der Waals surface area contributed by atoms with Crippen LogP contribution in [-0.2, 0) is 9.53 Å². The van der Waals surface area contributed by atoms with Crippen LogP contribution in [0.4, 0.5) is 13.2 Å². The summed E-state index contributed by atoms with van der Waals surface area (Å²) in [7, 11) is 0. The molecule has 0 saturated carbocycles. The van der Waals surface area contributed by atoms with Gasteiger partial charge in [0.25, 0.3) is 0 Å². The van der Waals surface area contributed by atoms with Gasteiger partial charge in [-0.1, -0.05) is 6.08 Å². The zero-order valence-corrected chi connectivity index (χ0v) is 12.8. The number of nitrogens with one attached hydrogen (secondary N) is 1. The van der Waals surface area contributed by atoms with Gasteiger partial charge in [-0.05, 0) is 24.6 Å². The van der Waals surface area contributed by atoms with Crippen LogP contribution in [0.15, 0.2) is 24.8 Å². The van der Waals surface area contributed by atoms with E-state index in [1.54, 1.807) is 13.0 Å². The van der Waals surface area contributed by atoms with Crippen LogP contribution in [0.2, 0.25) is 0 Å². The van der Waals surface area contributed by atoms with Gasteiger partial charge in [-0.15, -0.1) is 6.58 Å². The van der Waals surface area contributed by atoms with Gasteiger partial charge in [0.2, 0.25) is 0 Å². The molecule has 0 bridgehead atoms. The Hall–Kier alpha value is -1.86. The van der Waals surface area contributed by atoms with Crippen molar-refractivity contribution in [2.45, 2.75) is 19.0 Å². The second-order valence-corrected chi connectivity index (χ2v) is 5.27. The van der Waals surface area contributed by atoms with Gasteiger partial charge in [0.1, 0.15) is 6.04 Å². The third-order valence-electron chi connectivity index (χ3n) is 3.61. The molecule has 7 heteroatoms. The molecular weight excluding hydrogens is 309 g/mol. The second-order valence-electron chi connectivity index (χ2n) is 5.27. The van der Waals surface area contributed by atoms with Crippen molar-refractivity contribution >= 4 is 5.97 Å². The predicted molar refractivity (Wildman–Crippen MR) is 79.3 cm³/mol. The largest absolute Gasteiger partial charge is 0.465 e. The molecule has 1 fully saturated rings. The molecule has 0 aliphatic carbocycles. The lowest BCUT2D eigenvalue weighted by molar-refractivity contribution is -0.143. The number of halogens is 3. The molecule has 1 heterocycles. The summed E-state index contributed by atoms with van der Waals surface area (Å²) >= 11 is 0. The SMILES string of the molecule is C=CCN[C@H](CN1CC1C(=O)OCC)c1cc(F)c(F)c(F)c1. The number of hydrogen-bond acceptors (Lipinski definition) is 4. The van der Waals surface area contributed by atoms with Crippen LogP contribution in [0.5, 0.6) is 0 Å². The van der Waals surface area contributed by atoms with Crippen molar-refractivity contribution in [2.24, 2.45) is 0 Å². The summed E-state index contributed by atoms with van der Waals surface area (Å²) < 4.78 is 44.9. The average molecular weight is 328 g/mol. The Morgan fingerprint density at radius 1 is 1.48 bits per heavy atom. The zero-order valence-electron chi connectivity index (χ0n) is 12.8. The van der Waals surface area contributed by atoms with Gasteiger partial charge in [-0.2, -0.15) is 0 Å². The molecule has 23 heavy (non-hydrogen) atoms. The monoisotopic (exact) mass is 328 g/mol. The molecule has 1 aliphatic heterocycles. The minimum absolute atomic E-state index is 0.276. The van der Waals surface area contributed by atoms with Gasteiger partial charge in [0, 0.05) is 25.7 Å². The Kier molecular flexibility index (Phi) is 5.79. The summed E-state index contributed by atoms with van der Waals surface area (Å²) in [6.45, 7) is 6.89. The Balaban J connectivity index is 2.09. The highest BCUT2D eigenvalue weighted by atomic mass is 19.2. The Labute approximate surface area is 132 Å². The van der Waals surface area contributed by atoms with E-state index in [1.165, 1.54) is 0 Å². The number of carbonyl (C=O) groups is 1. The van der Waals surface area contributed by atoms with Crippen LogP contribution in [0.25, 0.3) is 0 Å². The first kappa shape index (κ1) is 17.5. The molecule has 1 N–H and O–H groups in total. The fraction of sp³-hybridized carbons (Fsp3) is 0.438. The topological polar surface area (TPSA) is 41.3 Å². The molecule has 0 aromatic heterocycles. The van der Waals surface area contributed by atoms with E-state index in [0.717, 1.165) is 12.1 Å². The lowest BCUT2D eigenvalue weighted by Crippen LogP contribution is -2.30. The lowest BCUT2D eigenvalue weighted by Gasteiger charge is -2.20. The van der Waals surface area contributed by atoms with Gasteiger partial charge in [0.15, 0.2) is 17.5 Å². The fourth-order valence-corrected chi connectivity index (χ4v) is 2.36. The maximum atomic E-state index is 13.4. The second kappa shape index (κ2) is 7.61. The zero-order chi connectivity index (χ0) is 17.0. The maximum absolute atomic E-state index is 13.4. The van der Waals surface area contributed by atoms with Gasteiger partial charge < -0.3 is 10.1 Å². The molecule has 2 rings (SSSR count). The summed E-state index contributed by atoms with van der Waals surface area (Å²) in [5, 5.41) is 3.05. The van der Waals surface area contributed by atoms with Crippen molar-refractivity contribution in [3.05, 3.63) is 47.8 Å². The predicted octanol–water partition coefficient (Wildman–Crippen LogP) is 2.17. The molecule has 3 atom stereocenters. The van der Waals surface area contributed by atoms with Gasteiger partial charge in [-0.25, -0.2) is 13.2 Å². The Morgan fingerprint density at radius 3 is 2.70 bits per heavy atom. The van der Waals surface area contributed by atoms with E-state index in [-0.39, 0.29) is 17.6 Å². The number of benzene rings is 1. The minimum Gasteiger partial charge on any atom is -0.465 e. The third-order valence-corrected chi connectivity index (χ3v) is 3.61. The van der Waals surface area contributed by atoms with Crippen LogP contribution in [0.1, 0.15) is 18.5 Å². The van der Waals surface area contributed by atoms with E-state index in [1.807, 2.05) is 4.90 Å². The molecule has 0 spiro atoms. The van der Waals surface area contributed by atoms with Crippen molar-refractivity contribution < 1.29 is 22.7 Å². The summed E-state index contributed by atoms with van der Waals surface area (Å²) in [6, 6.07) is 1.12. The summed E-state index contributed by atoms with van der Waals surface area (Å²) in [4.78, 5) is 13.4. The van der Waals surface area contributed by atoms with Crippen LogP contribution >= 0.6 is 0 Å². The first-order valence-electron chi connectivity index (χ1n) is 7.37. The van der Waals surface area contributed by atoms with Crippen LogP contribution < -0.4 is 5.32 Å². The first-order valence-corrected chi connectivity index (χ1v) is 7.37. The number of ether oxygens (including phenoxy) is 1. The molecule has 4 nitrogen and oxygen atoms in total. The van der Waals surface area contributed by atoms with E-state index in [2.05, 4.69) is 11.9 Å². The quantitative estimate of drug-likeness (QED) is 0.344. The standard InChI is InChI=1S/C16H19F3N2O2/c1-3-5-20-13(8-21-9-14(21)16(22)23-4-2)10-6-11(17)15(19)12(18)7-10/h3,6-7,13-14,20H,1,4-5,8-9H2,2H3/t13-,14?,21?/m1/s1. The number of esters is 1. The first-order chi connectivity index (χ1) is 11.0. The molecule has 1 aromatic carbocycles. The lowest BCUT2D eigenvalue weighted by atomic mass is 10.1. The molecule has 1 aromatic rings. The van der Waals surface area contributed by atoms with Crippen LogP contribution in [0, 0.1) is 17.5 Å². The number of nitrogens with zero attached hydrogens (tertiary/aromatic N) is 1. The number of carbonyl (C=O) groups excluding carboxylic acids is 1. The van der Waals surface area contributed by atoms with Gasteiger partial charge >= 0.3 is 5.97 Å². The van der Waals surface area contributed by atoms with Gasteiger partial charge in [-0.3, -0.25) is 9.69 Å². The van der Waals surface area contributed by atoms with Crippen molar-refractivity contribution in [3.8, 4) is 0 Å². The molecule has 126 valence electrons. The number of hydrogen-bond donors (Lipinski definition) is 1.